The van der Waals surface area contributed by atoms with Crippen LogP contribution in [0, 0.1) is 0 Å². The molecule has 0 aliphatic rings. The number of carbonyl (C=O) groups excluding carboxylic acids is 2. The standard InChI is InChI=1S/C31H40ClNO3/c1-2-3-4-5-6-7-8-9-10-11-12-13-14-15-16-17-18-19-20-21-30(34)33-26-27-36-31(35)28-22-24-29(32)25-23-28/h10-25H,2-9,26-27H2,1H3,(H,33,34). The summed E-state index contributed by atoms with van der Waals surface area (Å²) in [6, 6.07) is 6.43. The van der Waals surface area contributed by atoms with Crippen molar-refractivity contribution in [2.45, 2.75) is 58.3 Å². The molecule has 0 bridgehead atoms. The maximum atomic E-state index is 11.8. The largest absolute Gasteiger partial charge is 0.460 e. The molecule has 1 N–H and O–H groups in total. The Morgan fingerprint density at radius 2 is 1.33 bits per heavy atom. The number of amides is 1. The number of halogens is 1. The van der Waals surface area contributed by atoms with Crippen LogP contribution in [0.5, 0.6) is 0 Å². The Bertz CT molecular complexity index is 908. The summed E-state index contributed by atoms with van der Waals surface area (Å²) in [6.07, 6.45) is 33.4. The van der Waals surface area contributed by atoms with Gasteiger partial charge < -0.3 is 10.1 Å². The number of nitrogens with one attached hydrogen (secondary N) is 1. The SMILES string of the molecule is CCCCCCCCCC=CC=CC=CC=CC=CC=CC(=O)NCCOC(=O)c1ccc(Cl)cc1. The predicted molar refractivity (Wildman–Crippen MR) is 152 cm³/mol. The molecular weight excluding hydrogens is 470 g/mol. The van der Waals surface area contributed by atoms with Gasteiger partial charge in [-0.25, -0.2) is 4.79 Å². The minimum Gasteiger partial charge on any atom is -0.460 e. The van der Waals surface area contributed by atoms with Gasteiger partial charge in [0.1, 0.15) is 6.61 Å². The van der Waals surface area contributed by atoms with Gasteiger partial charge in [0.25, 0.3) is 0 Å². The van der Waals surface area contributed by atoms with Gasteiger partial charge in [-0.3, -0.25) is 4.79 Å². The van der Waals surface area contributed by atoms with E-state index in [1.165, 1.54) is 51.0 Å². The van der Waals surface area contributed by atoms with E-state index in [2.05, 4.69) is 24.4 Å². The minimum atomic E-state index is -0.453. The lowest BCUT2D eigenvalue weighted by Gasteiger charge is -2.05. The van der Waals surface area contributed by atoms with Crippen molar-refractivity contribution in [2.75, 3.05) is 13.2 Å². The van der Waals surface area contributed by atoms with Crippen LogP contribution in [-0.2, 0) is 9.53 Å². The molecule has 0 atom stereocenters. The molecule has 4 nitrogen and oxygen atoms in total. The Hall–Kier alpha value is -3.11. The monoisotopic (exact) mass is 509 g/mol. The van der Waals surface area contributed by atoms with Gasteiger partial charge in [-0.1, -0.05) is 124 Å². The molecular formula is C31H40ClNO3. The van der Waals surface area contributed by atoms with Crippen molar-refractivity contribution in [1.29, 1.82) is 0 Å². The smallest absolute Gasteiger partial charge is 0.338 e. The molecule has 36 heavy (non-hydrogen) atoms. The number of hydrogen-bond acceptors (Lipinski definition) is 3. The second-order valence-corrected chi connectivity index (χ2v) is 8.61. The highest BCUT2D eigenvalue weighted by atomic mass is 35.5. The summed E-state index contributed by atoms with van der Waals surface area (Å²) in [5.74, 6) is -0.706. The highest BCUT2D eigenvalue weighted by Crippen LogP contribution is 2.10. The van der Waals surface area contributed by atoms with Gasteiger partial charge in [0.15, 0.2) is 0 Å². The highest BCUT2D eigenvalue weighted by Gasteiger charge is 2.06. The van der Waals surface area contributed by atoms with Crippen molar-refractivity contribution in [3.8, 4) is 0 Å². The average Bonchev–Trinajstić information content (AvgIpc) is 2.88. The number of esters is 1. The number of ether oxygens (including phenoxy) is 1. The average molecular weight is 510 g/mol. The van der Waals surface area contributed by atoms with Crippen LogP contribution in [0.15, 0.2) is 97.2 Å². The molecule has 0 heterocycles. The van der Waals surface area contributed by atoms with Gasteiger partial charge in [-0.2, -0.15) is 0 Å². The van der Waals surface area contributed by atoms with Crippen molar-refractivity contribution in [3.63, 3.8) is 0 Å². The van der Waals surface area contributed by atoms with E-state index < -0.39 is 5.97 Å². The summed E-state index contributed by atoms with van der Waals surface area (Å²) in [7, 11) is 0. The lowest BCUT2D eigenvalue weighted by atomic mass is 10.1. The molecule has 0 spiro atoms. The Morgan fingerprint density at radius 3 is 1.97 bits per heavy atom. The Balaban J connectivity index is 2.06. The number of hydrogen-bond donors (Lipinski definition) is 1. The summed E-state index contributed by atoms with van der Waals surface area (Å²) in [6.45, 7) is 2.58. The second-order valence-electron chi connectivity index (χ2n) is 8.17. The van der Waals surface area contributed by atoms with Crippen LogP contribution in [-0.4, -0.2) is 25.0 Å². The molecule has 0 saturated heterocycles. The molecule has 1 rings (SSSR count). The van der Waals surface area contributed by atoms with Crippen LogP contribution in [0.1, 0.15) is 68.6 Å². The number of rotatable bonds is 18. The molecule has 0 radical (unpaired) electrons. The minimum absolute atomic E-state index is 0.0926. The molecule has 0 aliphatic heterocycles. The van der Waals surface area contributed by atoms with E-state index in [-0.39, 0.29) is 19.1 Å². The molecule has 1 aromatic rings. The molecule has 0 aliphatic carbocycles. The molecule has 0 saturated carbocycles. The maximum absolute atomic E-state index is 11.8. The number of unbranched alkanes of at least 4 members (excludes halogenated alkanes) is 7. The van der Waals surface area contributed by atoms with Gasteiger partial charge in [-0.15, -0.1) is 0 Å². The van der Waals surface area contributed by atoms with Crippen LogP contribution in [0.3, 0.4) is 0 Å². The van der Waals surface area contributed by atoms with Crippen LogP contribution in [0.25, 0.3) is 0 Å². The van der Waals surface area contributed by atoms with E-state index in [0.717, 1.165) is 6.42 Å². The first-order valence-corrected chi connectivity index (χ1v) is 13.2. The lowest BCUT2D eigenvalue weighted by molar-refractivity contribution is -0.116. The predicted octanol–water partition coefficient (Wildman–Crippen LogP) is 8.09. The fourth-order valence-electron chi connectivity index (χ4n) is 3.10. The van der Waals surface area contributed by atoms with E-state index >= 15 is 0 Å². The molecule has 0 aromatic heterocycles. The van der Waals surface area contributed by atoms with E-state index in [1.807, 2.05) is 42.5 Å². The summed E-state index contributed by atoms with van der Waals surface area (Å²) in [4.78, 5) is 23.6. The number of benzene rings is 1. The zero-order valence-corrected chi connectivity index (χ0v) is 22.2. The summed E-state index contributed by atoms with van der Waals surface area (Å²) >= 11 is 5.79. The molecule has 0 fully saturated rings. The third-order valence-electron chi connectivity index (χ3n) is 5.07. The molecule has 0 unspecified atom stereocenters. The maximum Gasteiger partial charge on any atom is 0.338 e. The van der Waals surface area contributed by atoms with Gasteiger partial charge in [0, 0.05) is 11.1 Å². The van der Waals surface area contributed by atoms with Gasteiger partial charge in [0.05, 0.1) is 12.1 Å². The summed E-state index contributed by atoms with van der Waals surface area (Å²) in [5, 5.41) is 3.21. The first-order valence-electron chi connectivity index (χ1n) is 12.8. The molecule has 1 amide bonds. The molecule has 194 valence electrons. The van der Waals surface area contributed by atoms with E-state index in [9.17, 15) is 9.59 Å². The van der Waals surface area contributed by atoms with Gasteiger partial charge in [0.2, 0.25) is 5.91 Å². The van der Waals surface area contributed by atoms with E-state index in [1.54, 1.807) is 36.4 Å². The van der Waals surface area contributed by atoms with Crippen LogP contribution < -0.4 is 5.32 Å². The molecule has 5 heteroatoms. The van der Waals surface area contributed by atoms with Crippen LogP contribution in [0.2, 0.25) is 5.02 Å². The van der Waals surface area contributed by atoms with Crippen molar-refractivity contribution in [2.24, 2.45) is 0 Å². The Labute approximate surface area is 222 Å². The van der Waals surface area contributed by atoms with E-state index in [0.29, 0.717) is 10.6 Å². The molecule has 1 aromatic carbocycles. The zero-order chi connectivity index (χ0) is 26.1. The zero-order valence-electron chi connectivity index (χ0n) is 21.4. The normalized spacial score (nSPS) is 12.3. The van der Waals surface area contributed by atoms with Crippen LogP contribution in [0.4, 0.5) is 0 Å². The Morgan fingerprint density at radius 1 is 0.778 bits per heavy atom. The van der Waals surface area contributed by atoms with Crippen molar-refractivity contribution in [3.05, 3.63) is 108 Å². The Kier molecular flexibility index (Phi) is 19.2. The lowest BCUT2D eigenvalue weighted by Crippen LogP contribution is -2.26. The van der Waals surface area contributed by atoms with Crippen LogP contribution >= 0.6 is 11.6 Å². The van der Waals surface area contributed by atoms with Gasteiger partial charge in [-0.05, 0) is 37.1 Å². The fraction of sp³-hybridized carbons (Fsp3) is 0.355. The fourth-order valence-corrected chi connectivity index (χ4v) is 3.22. The van der Waals surface area contributed by atoms with Crippen molar-refractivity contribution < 1.29 is 14.3 Å². The van der Waals surface area contributed by atoms with Crippen molar-refractivity contribution in [1.82, 2.24) is 5.32 Å². The third kappa shape index (κ3) is 18.2. The second kappa shape index (κ2) is 22.4. The first kappa shape index (κ1) is 30.9. The number of carbonyl (C=O) groups is 2. The summed E-state index contributed by atoms with van der Waals surface area (Å²) in [5.41, 5.74) is 0.417. The number of allylic oxidation sites excluding steroid dienone is 11. The third-order valence-corrected chi connectivity index (χ3v) is 5.32. The topological polar surface area (TPSA) is 55.4 Å². The van der Waals surface area contributed by atoms with Gasteiger partial charge >= 0.3 is 5.97 Å². The van der Waals surface area contributed by atoms with Crippen molar-refractivity contribution >= 4 is 23.5 Å². The first-order chi connectivity index (χ1) is 17.6. The highest BCUT2D eigenvalue weighted by molar-refractivity contribution is 6.30. The summed E-state index contributed by atoms with van der Waals surface area (Å²) < 4.78 is 5.10. The van der Waals surface area contributed by atoms with E-state index in [4.69, 9.17) is 16.3 Å². The quantitative estimate of drug-likeness (QED) is 0.0941.